The smallest absolute Gasteiger partial charge is 0.0246 e. The Morgan fingerprint density at radius 1 is 1.14 bits per heavy atom. The summed E-state index contributed by atoms with van der Waals surface area (Å²) in [6, 6.07) is 8.12. The first-order valence-corrected chi connectivity index (χ1v) is 5.86. The van der Waals surface area contributed by atoms with Crippen molar-refractivity contribution in [2.24, 2.45) is 0 Å². The van der Waals surface area contributed by atoms with Crippen molar-refractivity contribution < 1.29 is 0 Å². The largest absolute Gasteiger partial charge is 0.0979 e. The van der Waals surface area contributed by atoms with Crippen LogP contribution >= 0.6 is 15.9 Å². The zero-order chi connectivity index (χ0) is 10.2. The maximum atomic E-state index is 3.40. The van der Waals surface area contributed by atoms with Crippen LogP contribution in [0.3, 0.4) is 0 Å². The van der Waals surface area contributed by atoms with Crippen LogP contribution < -0.4 is 0 Å². The van der Waals surface area contributed by atoms with E-state index < -0.39 is 0 Å². The van der Waals surface area contributed by atoms with Crippen molar-refractivity contribution in [1.82, 2.24) is 0 Å². The summed E-state index contributed by atoms with van der Waals surface area (Å²) in [6.45, 7) is 2.21. The second-order valence-electron chi connectivity index (χ2n) is 3.27. The van der Waals surface area contributed by atoms with E-state index in [0.29, 0.717) is 0 Å². The van der Waals surface area contributed by atoms with Crippen molar-refractivity contribution in [3.63, 3.8) is 0 Å². The topological polar surface area (TPSA) is 0 Å². The summed E-state index contributed by atoms with van der Waals surface area (Å²) < 4.78 is 1.11. The average molecular weight is 251 g/mol. The number of halogens is 1. The highest BCUT2D eigenvalue weighted by molar-refractivity contribution is 9.10. The molecule has 0 N–H and O–H groups in total. The van der Waals surface area contributed by atoms with Gasteiger partial charge in [0, 0.05) is 16.5 Å². The van der Waals surface area contributed by atoms with Gasteiger partial charge in [0.1, 0.15) is 0 Å². The fourth-order valence-electron chi connectivity index (χ4n) is 1.16. The van der Waals surface area contributed by atoms with Crippen LogP contribution in [0.1, 0.15) is 38.2 Å². The van der Waals surface area contributed by atoms with E-state index in [-0.39, 0.29) is 0 Å². The third kappa shape index (κ3) is 4.48. The summed E-state index contributed by atoms with van der Waals surface area (Å²) in [5, 5.41) is 0. The molecule has 0 bridgehead atoms. The molecular weight excluding hydrogens is 236 g/mol. The van der Waals surface area contributed by atoms with Crippen molar-refractivity contribution in [3.05, 3.63) is 34.3 Å². The number of hydrogen-bond acceptors (Lipinski definition) is 0. The maximum absolute atomic E-state index is 3.40. The van der Waals surface area contributed by atoms with Crippen LogP contribution in [0.15, 0.2) is 28.7 Å². The normalized spacial score (nSPS) is 9.29. The molecule has 1 aromatic carbocycles. The minimum absolute atomic E-state index is 1.02. The van der Waals surface area contributed by atoms with Gasteiger partial charge in [-0.25, -0.2) is 0 Å². The molecule has 0 heterocycles. The molecule has 1 aromatic rings. The molecule has 0 aromatic heterocycles. The molecule has 1 rings (SSSR count). The van der Waals surface area contributed by atoms with Gasteiger partial charge in [-0.1, -0.05) is 47.5 Å². The SMILES string of the molecule is CCCCCC#Cc1ccc(Br)cc1. The fraction of sp³-hybridized carbons (Fsp3) is 0.385. The van der Waals surface area contributed by atoms with Crippen LogP contribution in [-0.4, -0.2) is 0 Å². The molecular formula is C13H15Br. The van der Waals surface area contributed by atoms with Gasteiger partial charge in [0.05, 0.1) is 0 Å². The Kier molecular flexibility index (Phi) is 5.40. The van der Waals surface area contributed by atoms with E-state index in [1.165, 1.54) is 19.3 Å². The molecule has 0 aliphatic heterocycles. The van der Waals surface area contributed by atoms with Gasteiger partial charge in [0.25, 0.3) is 0 Å². The first-order valence-electron chi connectivity index (χ1n) is 5.07. The van der Waals surface area contributed by atoms with E-state index in [2.05, 4.69) is 34.7 Å². The Hall–Kier alpha value is -0.740. The Bertz CT molecular complexity index is 313. The monoisotopic (exact) mass is 250 g/mol. The first kappa shape index (κ1) is 11.3. The van der Waals surface area contributed by atoms with Crippen molar-refractivity contribution in [2.45, 2.75) is 32.6 Å². The van der Waals surface area contributed by atoms with Gasteiger partial charge in [-0.05, 0) is 30.7 Å². The molecule has 0 aliphatic rings. The van der Waals surface area contributed by atoms with E-state index in [0.717, 1.165) is 16.5 Å². The van der Waals surface area contributed by atoms with Gasteiger partial charge >= 0.3 is 0 Å². The zero-order valence-electron chi connectivity index (χ0n) is 8.52. The molecule has 14 heavy (non-hydrogen) atoms. The van der Waals surface area contributed by atoms with Crippen LogP contribution in [-0.2, 0) is 0 Å². The maximum Gasteiger partial charge on any atom is 0.0246 e. The lowest BCUT2D eigenvalue weighted by molar-refractivity contribution is 0.737. The van der Waals surface area contributed by atoms with Crippen LogP contribution in [0, 0.1) is 11.8 Å². The highest BCUT2D eigenvalue weighted by Gasteiger charge is 1.86. The van der Waals surface area contributed by atoms with Crippen molar-refractivity contribution in [3.8, 4) is 11.8 Å². The van der Waals surface area contributed by atoms with E-state index in [1.54, 1.807) is 0 Å². The predicted molar refractivity (Wildman–Crippen MR) is 65.2 cm³/mol. The number of rotatable bonds is 3. The number of benzene rings is 1. The van der Waals surface area contributed by atoms with Gasteiger partial charge in [0.15, 0.2) is 0 Å². The lowest BCUT2D eigenvalue weighted by Gasteiger charge is -1.91. The molecule has 0 radical (unpaired) electrons. The Balaban J connectivity index is 2.39. The Morgan fingerprint density at radius 2 is 1.86 bits per heavy atom. The zero-order valence-corrected chi connectivity index (χ0v) is 10.1. The molecule has 0 atom stereocenters. The van der Waals surface area contributed by atoms with Crippen LogP contribution in [0.4, 0.5) is 0 Å². The molecule has 0 unspecified atom stereocenters. The highest BCUT2D eigenvalue weighted by atomic mass is 79.9. The highest BCUT2D eigenvalue weighted by Crippen LogP contribution is 2.09. The molecule has 74 valence electrons. The minimum atomic E-state index is 1.02. The van der Waals surface area contributed by atoms with E-state index in [9.17, 15) is 0 Å². The molecule has 0 saturated heterocycles. The summed E-state index contributed by atoms with van der Waals surface area (Å²) in [4.78, 5) is 0. The predicted octanol–water partition coefficient (Wildman–Crippen LogP) is 4.38. The summed E-state index contributed by atoms with van der Waals surface area (Å²) in [6.07, 6.45) is 4.79. The Morgan fingerprint density at radius 3 is 2.50 bits per heavy atom. The molecule has 0 nitrogen and oxygen atoms in total. The quantitative estimate of drug-likeness (QED) is 0.552. The third-order valence-corrected chi connectivity index (χ3v) is 2.51. The third-order valence-electron chi connectivity index (χ3n) is 1.98. The summed E-state index contributed by atoms with van der Waals surface area (Å²) in [5.74, 6) is 6.35. The van der Waals surface area contributed by atoms with Gasteiger partial charge in [-0.3, -0.25) is 0 Å². The van der Waals surface area contributed by atoms with Crippen LogP contribution in [0.5, 0.6) is 0 Å². The standard InChI is InChI=1S/C13H15Br/c1-2-3-4-5-6-7-12-8-10-13(14)11-9-12/h8-11H,2-5H2,1H3. The fourth-order valence-corrected chi connectivity index (χ4v) is 1.43. The lowest BCUT2D eigenvalue weighted by atomic mass is 10.2. The van der Waals surface area contributed by atoms with E-state index >= 15 is 0 Å². The Labute approximate surface area is 94.9 Å². The molecule has 0 fully saturated rings. The summed E-state index contributed by atoms with van der Waals surface area (Å²) in [7, 11) is 0. The van der Waals surface area contributed by atoms with Gasteiger partial charge in [-0.15, -0.1) is 0 Å². The lowest BCUT2D eigenvalue weighted by Crippen LogP contribution is -1.74. The second-order valence-corrected chi connectivity index (χ2v) is 4.18. The van der Waals surface area contributed by atoms with Crippen LogP contribution in [0.25, 0.3) is 0 Å². The van der Waals surface area contributed by atoms with E-state index in [1.807, 2.05) is 24.3 Å². The number of hydrogen-bond donors (Lipinski definition) is 0. The van der Waals surface area contributed by atoms with Crippen LogP contribution in [0.2, 0.25) is 0 Å². The summed E-state index contributed by atoms with van der Waals surface area (Å²) >= 11 is 3.40. The van der Waals surface area contributed by atoms with Gasteiger partial charge in [-0.2, -0.15) is 0 Å². The first-order chi connectivity index (χ1) is 6.83. The van der Waals surface area contributed by atoms with Crippen molar-refractivity contribution >= 4 is 15.9 Å². The minimum Gasteiger partial charge on any atom is -0.0979 e. The van der Waals surface area contributed by atoms with Crippen molar-refractivity contribution in [1.29, 1.82) is 0 Å². The molecule has 0 saturated carbocycles. The van der Waals surface area contributed by atoms with Gasteiger partial charge in [0.2, 0.25) is 0 Å². The average Bonchev–Trinajstić information content (AvgIpc) is 2.21. The molecule has 0 spiro atoms. The van der Waals surface area contributed by atoms with Gasteiger partial charge < -0.3 is 0 Å². The second kappa shape index (κ2) is 6.68. The molecule has 0 aliphatic carbocycles. The van der Waals surface area contributed by atoms with E-state index in [4.69, 9.17) is 0 Å². The van der Waals surface area contributed by atoms with Crippen molar-refractivity contribution in [2.75, 3.05) is 0 Å². The molecule has 0 amide bonds. The summed E-state index contributed by atoms with van der Waals surface area (Å²) in [5.41, 5.74) is 1.10. The number of unbranched alkanes of at least 4 members (excludes halogenated alkanes) is 3. The molecule has 1 heteroatoms.